The molecule has 0 fully saturated rings. The third-order valence-electron chi connectivity index (χ3n) is 1.71. The van der Waals surface area contributed by atoms with E-state index < -0.39 is 6.04 Å². The Hall–Kier alpha value is -0.830. The van der Waals surface area contributed by atoms with Crippen LogP contribution in [0.15, 0.2) is 12.7 Å². The number of rotatable bonds is 5. The molecule has 0 spiro atoms. The van der Waals surface area contributed by atoms with Crippen LogP contribution in [0.2, 0.25) is 0 Å². The highest BCUT2D eigenvalue weighted by Crippen LogP contribution is 2.07. The van der Waals surface area contributed by atoms with Crippen LogP contribution in [0.5, 0.6) is 0 Å². The molecule has 2 unspecified atom stereocenters. The molecular formula is C9H17NO2. The zero-order valence-corrected chi connectivity index (χ0v) is 7.75. The van der Waals surface area contributed by atoms with Crippen molar-refractivity contribution >= 4 is 5.97 Å². The molecule has 0 saturated heterocycles. The van der Waals surface area contributed by atoms with E-state index >= 15 is 0 Å². The number of hydrogen-bond donors (Lipinski definition) is 1. The summed E-state index contributed by atoms with van der Waals surface area (Å²) in [7, 11) is 0. The van der Waals surface area contributed by atoms with Gasteiger partial charge in [-0.2, -0.15) is 0 Å². The lowest BCUT2D eigenvalue weighted by atomic mass is 9.99. The van der Waals surface area contributed by atoms with Crippen LogP contribution >= 0.6 is 0 Å². The van der Waals surface area contributed by atoms with E-state index in [9.17, 15) is 4.79 Å². The Bertz CT molecular complexity index is 157. The summed E-state index contributed by atoms with van der Waals surface area (Å²) in [6.45, 7) is 7.64. The fraction of sp³-hybridized carbons (Fsp3) is 0.667. The van der Waals surface area contributed by atoms with Crippen molar-refractivity contribution < 1.29 is 9.53 Å². The zero-order chi connectivity index (χ0) is 9.56. The smallest absolute Gasteiger partial charge is 0.323 e. The summed E-state index contributed by atoms with van der Waals surface area (Å²) in [5.41, 5.74) is 5.61. The Kier molecular flexibility index (Phi) is 5.37. The third-order valence-corrected chi connectivity index (χ3v) is 1.71. The van der Waals surface area contributed by atoms with Gasteiger partial charge in [-0.3, -0.25) is 4.79 Å². The van der Waals surface area contributed by atoms with Gasteiger partial charge >= 0.3 is 5.97 Å². The largest absolute Gasteiger partial charge is 0.465 e. The second kappa shape index (κ2) is 5.77. The Balaban J connectivity index is 3.90. The normalized spacial score (nSPS) is 14.9. The molecule has 0 rings (SSSR count). The van der Waals surface area contributed by atoms with Crippen LogP contribution in [0.3, 0.4) is 0 Å². The molecule has 12 heavy (non-hydrogen) atoms. The van der Waals surface area contributed by atoms with Gasteiger partial charge in [-0.05, 0) is 19.3 Å². The fourth-order valence-electron chi connectivity index (χ4n) is 0.880. The molecule has 2 N–H and O–H groups in total. The van der Waals surface area contributed by atoms with Crippen LogP contribution in [0.1, 0.15) is 20.3 Å². The minimum Gasteiger partial charge on any atom is -0.465 e. The topological polar surface area (TPSA) is 52.3 Å². The standard InChI is InChI=1S/C9H17NO2/c1-4-6-7(3)8(10)9(11)12-5-2/h4,7-8H,1,5-6,10H2,2-3H3. The van der Waals surface area contributed by atoms with Crippen molar-refractivity contribution in [3.8, 4) is 0 Å². The molecule has 0 bridgehead atoms. The first kappa shape index (κ1) is 11.2. The molecule has 2 atom stereocenters. The van der Waals surface area contributed by atoms with Crippen LogP contribution in [-0.2, 0) is 9.53 Å². The van der Waals surface area contributed by atoms with Gasteiger partial charge in [0.25, 0.3) is 0 Å². The fourth-order valence-corrected chi connectivity index (χ4v) is 0.880. The average molecular weight is 171 g/mol. The molecular weight excluding hydrogens is 154 g/mol. The maximum absolute atomic E-state index is 11.1. The predicted octanol–water partition coefficient (Wildman–Crippen LogP) is 1.09. The lowest BCUT2D eigenvalue weighted by Gasteiger charge is -2.16. The third kappa shape index (κ3) is 3.53. The van der Waals surface area contributed by atoms with Gasteiger partial charge in [-0.15, -0.1) is 6.58 Å². The second-order valence-corrected chi connectivity index (χ2v) is 2.78. The first-order valence-corrected chi connectivity index (χ1v) is 4.16. The van der Waals surface area contributed by atoms with E-state index in [0.717, 1.165) is 6.42 Å². The molecule has 3 nitrogen and oxygen atoms in total. The summed E-state index contributed by atoms with van der Waals surface area (Å²) >= 11 is 0. The number of allylic oxidation sites excluding steroid dienone is 1. The van der Waals surface area contributed by atoms with E-state index in [2.05, 4.69) is 6.58 Å². The number of nitrogens with two attached hydrogens (primary N) is 1. The Morgan fingerprint density at radius 3 is 2.75 bits per heavy atom. The molecule has 0 radical (unpaired) electrons. The van der Waals surface area contributed by atoms with Gasteiger partial charge in [0.2, 0.25) is 0 Å². The maximum atomic E-state index is 11.1. The predicted molar refractivity (Wildman–Crippen MR) is 48.6 cm³/mol. The molecule has 0 aliphatic heterocycles. The Labute approximate surface area is 73.6 Å². The van der Waals surface area contributed by atoms with Gasteiger partial charge in [0.15, 0.2) is 0 Å². The number of hydrogen-bond acceptors (Lipinski definition) is 3. The molecule has 0 aromatic carbocycles. The van der Waals surface area contributed by atoms with Gasteiger partial charge in [-0.1, -0.05) is 13.0 Å². The number of carbonyl (C=O) groups is 1. The summed E-state index contributed by atoms with van der Waals surface area (Å²) in [6, 6.07) is -0.525. The molecule has 0 aromatic rings. The number of esters is 1. The van der Waals surface area contributed by atoms with E-state index in [0.29, 0.717) is 6.61 Å². The molecule has 0 amide bonds. The van der Waals surface area contributed by atoms with Crippen molar-refractivity contribution in [2.24, 2.45) is 11.7 Å². The number of ether oxygens (including phenoxy) is 1. The van der Waals surface area contributed by atoms with Crippen molar-refractivity contribution in [3.63, 3.8) is 0 Å². The minimum atomic E-state index is -0.525. The first-order chi connectivity index (χ1) is 5.63. The van der Waals surface area contributed by atoms with Crippen LogP contribution in [0, 0.1) is 5.92 Å². The maximum Gasteiger partial charge on any atom is 0.323 e. The molecule has 0 aromatic heterocycles. The van der Waals surface area contributed by atoms with Crippen molar-refractivity contribution in [3.05, 3.63) is 12.7 Å². The molecule has 0 heterocycles. The summed E-state index contributed by atoms with van der Waals surface area (Å²) in [5, 5.41) is 0. The van der Waals surface area contributed by atoms with E-state index in [1.54, 1.807) is 13.0 Å². The lowest BCUT2D eigenvalue weighted by Crippen LogP contribution is -2.38. The molecule has 70 valence electrons. The summed E-state index contributed by atoms with van der Waals surface area (Å²) in [5.74, 6) is -0.228. The highest BCUT2D eigenvalue weighted by atomic mass is 16.5. The van der Waals surface area contributed by atoms with Gasteiger partial charge < -0.3 is 10.5 Å². The quantitative estimate of drug-likeness (QED) is 0.497. The van der Waals surface area contributed by atoms with Gasteiger partial charge in [0.05, 0.1) is 6.61 Å². The first-order valence-electron chi connectivity index (χ1n) is 4.16. The molecule has 0 aliphatic rings. The highest BCUT2D eigenvalue weighted by molar-refractivity contribution is 5.75. The monoisotopic (exact) mass is 171 g/mol. The molecule has 0 saturated carbocycles. The van der Waals surface area contributed by atoms with Crippen LogP contribution < -0.4 is 5.73 Å². The SMILES string of the molecule is C=CCC(C)C(N)C(=O)OCC. The van der Waals surface area contributed by atoms with E-state index in [4.69, 9.17) is 10.5 Å². The van der Waals surface area contributed by atoms with E-state index in [-0.39, 0.29) is 11.9 Å². The number of carbonyl (C=O) groups excluding carboxylic acids is 1. The summed E-state index contributed by atoms with van der Waals surface area (Å²) in [4.78, 5) is 11.1. The van der Waals surface area contributed by atoms with Gasteiger partial charge in [-0.25, -0.2) is 0 Å². The van der Waals surface area contributed by atoms with E-state index in [1.165, 1.54) is 0 Å². The lowest BCUT2D eigenvalue weighted by molar-refractivity contribution is -0.145. The van der Waals surface area contributed by atoms with Crippen LogP contribution in [0.25, 0.3) is 0 Å². The molecule has 3 heteroatoms. The van der Waals surface area contributed by atoms with Crippen molar-refractivity contribution in [1.29, 1.82) is 0 Å². The Morgan fingerprint density at radius 1 is 1.75 bits per heavy atom. The average Bonchev–Trinajstić information content (AvgIpc) is 2.04. The van der Waals surface area contributed by atoms with Crippen molar-refractivity contribution in [1.82, 2.24) is 0 Å². The van der Waals surface area contributed by atoms with Crippen molar-refractivity contribution in [2.75, 3.05) is 6.61 Å². The minimum absolute atomic E-state index is 0.0987. The summed E-state index contributed by atoms with van der Waals surface area (Å²) < 4.78 is 4.77. The van der Waals surface area contributed by atoms with Crippen molar-refractivity contribution in [2.45, 2.75) is 26.3 Å². The second-order valence-electron chi connectivity index (χ2n) is 2.78. The van der Waals surface area contributed by atoms with Crippen LogP contribution in [0.4, 0.5) is 0 Å². The van der Waals surface area contributed by atoms with E-state index in [1.807, 2.05) is 6.92 Å². The zero-order valence-electron chi connectivity index (χ0n) is 7.75. The highest BCUT2D eigenvalue weighted by Gasteiger charge is 2.20. The van der Waals surface area contributed by atoms with Gasteiger partial charge in [0, 0.05) is 0 Å². The summed E-state index contributed by atoms with van der Waals surface area (Å²) in [6.07, 6.45) is 2.49. The van der Waals surface area contributed by atoms with Gasteiger partial charge in [0.1, 0.15) is 6.04 Å². The van der Waals surface area contributed by atoms with Crippen LogP contribution in [-0.4, -0.2) is 18.6 Å². The Morgan fingerprint density at radius 2 is 2.33 bits per heavy atom. The molecule has 0 aliphatic carbocycles.